The number of amides is 1. The van der Waals surface area contributed by atoms with Gasteiger partial charge in [0.1, 0.15) is 0 Å². The van der Waals surface area contributed by atoms with Crippen molar-refractivity contribution in [2.75, 3.05) is 11.9 Å². The van der Waals surface area contributed by atoms with Crippen molar-refractivity contribution >= 4 is 49.0 Å². The molecule has 0 bridgehead atoms. The first kappa shape index (κ1) is 23.2. The summed E-state index contributed by atoms with van der Waals surface area (Å²) >= 11 is 13.6. The van der Waals surface area contributed by atoms with E-state index in [1.54, 1.807) is 20.7 Å². The molecule has 9 heteroatoms. The molecule has 1 fully saturated rings. The Kier molecular flexibility index (Phi) is 9.63. The molecule has 0 spiro atoms. The first-order valence-corrected chi connectivity index (χ1v) is 14.1. The van der Waals surface area contributed by atoms with Gasteiger partial charge < -0.3 is 0 Å². The molecule has 1 aliphatic rings. The molecule has 1 aromatic carbocycles. The maximum atomic E-state index is 12.6. The summed E-state index contributed by atoms with van der Waals surface area (Å²) in [6, 6.07) is 5.91. The van der Waals surface area contributed by atoms with Crippen molar-refractivity contribution in [3.63, 3.8) is 0 Å². The van der Waals surface area contributed by atoms with E-state index in [0.29, 0.717) is 35.1 Å². The third-order valence-electron chi connectivity index (χ3n) is 4.75. The van der Waals surface area contributed by atoms with Gasteiger partial charge >= 0.3 is 190 Å². The van der Waals surface area contributed by atoms with Crippen LogP contribution < -0.4 is 10.7 Å². The summed E-state index contributed by atoms with van der Waals surface area (Å²) < 4.78 is 0. The van der Waals surface area contributed by atoms with Crippen molar-refractivity contribution < 1.29 is 28.0 Å². The number of hydrazine groups is 1. The Hall–Kier alpha value is -0.0669. The van der Waals surface area contributed by atoms with Gasteiger partial charge in [-0.2, -0.15) is 0 Å². The summed E-state index contributed by atoms with van der Waals surface area (Å²) in [6.07, 6.45) is 3.98. The second-order valence-corrected chi connectivity index (χ2v) is 10.5. The van der Waals surface area contributed by atoms with E-state index in [9.17, 15) is 4.79 Å². The monoisotopic (exact) mass is 625 g/mol. The van der Waals surface area contributed by atoms with Crippen molar-refractivity contribution in [3.05, 3.63) is 28.2 Å². The summed E-state index contributed by atoms with van der Waals surface area (Å²) in [5.74, 6) is -0.297. The van der Waals surface area contributed by atoms with Crippen molar-refractivity contribution in [1.82, 2.24) is 10.4 Å². The number of benzene rings is 1. The van der Waals surface area contributed by atoms with Crippen molar-refractivity contribution in [2.45, 2.75) is 56.9 Å². The minimum atomic E-state index is -0.297. The maximum absolute atomic E-state index is 12.6. The molecule has 1 heterocycles. The average Bonchev–Trinajstić information content (AvgIpc) is 2.63. The number of carbonyl (C=O) groups excluding carboxylic acids is 1. The Morgan fingerprint density at radius 2 is 2.04 bits per heavy atom. The van der Waals surface area contributed by atoms with Gasteiger partial charge in [0.15, 0.2) is 0 Å². The van der Waals surface area contributed by atoms with Crippen LogP contribution in [-0.4, -0.2) is 40.5 Å². The Morgan fingerprint density at radius 3 is 2.63 bits per heavy atom. The number of rotatable bonds is 8. The molecule has 1 aromatic rings. The van der Waals surface area contributed by atoms with Crippen molar-refractivity contribution in [3.8, 4) is 0 Å². The van der Waals surface area contributed by atoms with Crippen molar-refractivity contribution in [2.24, 2.45) is 0 Å². The van der Waals surface area contributed by atoms with Crippen LogP contribution in [0.5, 0.6) is 0 Å². The van der Waals surface area contributed by atoms with Crippen LogP contribution in [0.1, 0.15) is 39.5 Å². The van der Waals surface area contributed by atoms with E-state index in [4.69, 9.17) is 28.6 Å². The molecule has 150 valence electrons. The molecule has 3 atom stereocenters. The van der Waals surface area contributed by atoms with Gasteiger partial charge in [0, 0.05) is 0 Å². The number of carbonyl (C=O) groups is 1. The normalized spacial score (nSPS) is 21.5. The topological polar surface area (TPSA) is 68.2 Å². The second kappa shape index (κ2) is 11.2. The van der Waals surface area contributed by atoms with Crippen LogP contribution in [0.3, 0.4) is 0 Å². The van der Waals surface area contributed by atoms with Crippen LogP contribution in [0.15, 0.2) is 18.2 Å². The molecule has 0 aliphatic carbocycles. The van der Waals surface area contributed by atoms with Crippen molar-refractivity contribution in [1.29, 1.82) is 5.41 Å². The zero-order chi connectivity index (χ0) is 20.0. The molecule has 3 N–H and O–H groups in total. The van der Waals surface area contributed by atoms with Gasteiger partial charge in [0.25, 0.3) is 0 Å². The second-order valence-electron chi connectivity index (χ2n) is 6.81. The Balaban J connectivity index is 1.87. The third kappa shape index (κ3) is 6.74. The molecular weight excluding hydrogens is 601 g/mol. The van der Waals surface area contributed by atoms with Crippen LogP contribution in [-0.2, 0) is 4.79 Å². The molecular formula is C18H25AtCl2N4OS. The molecule has 5 nitrogen and oxygen atoms in total. The predicted octanol–water partition coefficient (Wildman–Crippen LogP) is 4.68. The molecule has 0 radical (unpaired) electrons. The van der Waals surface area contributed by atoms with E-state index in [-0.39, 0.29) is 16.9 Å². The third-order valence-corrected chi connectivity index (χ3v) is 8.49. The SMILES string of the molecule is CC1CCCC(C)N1NC(=O)C(=N)C(CCNc1ccc(Cl)cc1Cl)S[At]. The van der Waals surface area contributed by atoms with Crippen LogP contribution in [0.2, 0.25) is 10.0 Å². The number of hydrogen-bond donors (Lipinski definition) is 3. The standard InChI is InChI=1S/C18H25AtCl2N4OS/c1-11-4-3-5-12(2)25(11)24-18(26)17(22)16(27-19)8-9-23-15-7-6-13(20)10-14(15)21/h6-7,10-12,16,22-23H,3-5,8-9H2,1-2H3,(H,24,26). The summed E-state index contributed by atoms with van der Waals surface area (Å²) in [6.45, 7) is 4.86. The van der Waals surface area contributed by atoms with Gasteiger partial charge in [-0.3, -0.25) is 0 Å². The van der Waals surface area contributed by atoms with E-state index in [1.807, 2.05) is 11.1 Å². The van der Waals surface area contributed by atoms with Gasteiger partial charge in [-0.1, -0.05) is 0 Å². The number of anilines is 1. The number of nitrogens with zero attached hydrogens (tertiary/aromatic N) is 1. The van der Waals surface area contributed by atoms with E-state index in [1.165, 1.54) is 29.7 Å². The molecule has 3 unspecified atom stereocenters. The fourth-order valence-electron chi connectivity index (χ4n) is 3.17. The van der Waals surface area contributed by atoms with Gasteiger partial charge in [-0.25, -0.2) is 0 Å². The molecule has 0 aromatic heterocycles. The Labute approximate surface area is 188 Å². The first-order chi connectivity index (χ1) is 12.8. The fraction of sp³-hybridized carbons (Fsp3) is 0.556. The summed E-state index contributed by atoms with van der Waals surface area (Å²) in [4.78, 5) is 12.6. The molecule has 27 heavy (non-hydrogen) atoms. The van der Waals surface area contributed by atoms with E-state index in [0.717, 1.165) is 18.5 Å². The summed E-state index contributed by atoms with van der Waals surface area (Å²) in [5, 5.41) is 14.6. The fourth-order valence-corrected chi connectivity index (χ4v) is 6.13. The van der Waals surface area contributed by atoms with Gasteiger partial charge in [-0.15, -0.1) is 0 Å². The number of piperidine rings is 1. The predicted molar refractivity (Wildman–Crippen MR) is 111 cm³/mol. The Morgan fingerprint density at radius 1 is 1.37 bits per heavy atom. The summed E-state index contributed by atoms with van der Waals surface area (Å²) in [5.41, 5.74) is 3.89. The zero-order valence-electron chi connectivity index (χ0n) is 15.4. The molecule has 0 saturated carbocycles. The first-order valence-electron chi connectivity index (χ1n) is 8.97. The van der Waals surface area contributed by atoms with Gasteiger partial charge in [0.2, 0.25) is 0 Å². The summed E-state index contributed by atoms with van der Waals surface area (Å²) in [7, 11) is 1.57. The average molecular weight is 626 g/mol. The van der Waals surface area contributed by atoms with Crippen LogP contribution in [0.4, 0.5) is 5.69 Å². The molecule has 1 aliphatic heterocycles. The van der Waals surface area contributed by atoms with Crippen LogP contribution >= 0.6 is 31.7 Å². The molecule has 2 rings (SSSR count). The van der Waals surface area contributed by atoms with E-state index < -0.39 is 0 Å². The van der Waals surface area contributed by atoms with Gasteiger partial charge in [-0.05, 0) is 0 Å². The van der Waals surface area contributed by atoms with Gasteiger partial charge in [0.05, 0.1) is 0 Å². The van der Waals surface area contributed by atoms with Crippen LogP contribution in [0, 0.1) is 28.7 Å². The minimum absolute atomic E-state index is 0.122. The number of hydrogen-bond acceptors (Lipinski definition) is 5. The molecule has 1 saturated heterocycles. The Bertz CT molecular complexity index is 669. The van der Waals surface area contributed by atoms with E-state index in [2.05, 4.69) is 24.6 Å². The number of halogens is 2. The zero-order valence-corrected chi connectivity index (χ0v) is 20.7. The molecule has 1 amide bonds. The van der Waals surface area contributed by atoms with Crippen LogP contribution in [0.25, 0.3) is 0 Å². The quantitative estimate of drug-likeness (QED) is 0.367. The number of nitrogens with one attached hydrogen (secondary N) is 3. The van der Waals surface area contributed by atoms with E-state index >= 15 is 0 Å².